The lowest BCUT2D eigenvalue weighted by Gasteiger charge is -2.07. The Morgan fingerprint density at radius 2 is 2.00 bits per heavy atom. The van der Waals surface area contributed by atoms with E-state index in [0.717, 1.165) is 37.7 Å². The van der Waals surface area contributed by atoms with Gasteiger partial charge in [0.25, 0.3) is 0 Å². The van der Waals surface area contributed by atoms with Crippen LogP contribution in [0.2, 0.25) is 10.0 Å². The molecule has 0 spiro atoms. The first-order valence-electron chi connectivity index (χ1n) is 9.25. The number of fused-ring (bicyclic) bond motifs is 1. The van der Waals surface area contributed by atoms with Crippen LogP contribution in [0.15, 0.2) is 24.3 Å². The Morgan fingerprint density at radius 3 is 2.75 bits per heavy atom. The van der Waals surface area contributed by atoms with Crippen molar-refractivity contribution in [3.05, 3.63) is 55.9 Å². The molecule has 1 aliphatic rings. The largest absolute Gasteiger partial charge is 0.462 e. The van der Waals surface area contributed by atoms with E-state index in [2.05, 4.69) is 5.32 Å². The van der Waals surface area contributed by atoms with Crippen LogP contribution in [0.5, 0.6) is 0 Å². The number of carbonyl (C=O) groups is 2. The summed E-state index contributed by atoms with van der Waals surface area (Å²) in [5.74, 6) is -0.699. The van der Waals surface area contributed by atoms with E-state index in [1.165, 1.54) is 22.3 Å². The minimum absolute atomic E-state index is 0.297. The highest BCUT2D eigenvalue weighted by Gasteiger charge is 2.26. The van der Waals surface area contributed by atoms with Gasteiger partial charge >= 0.3 is 5.97 Å². The van der Waals surface area contributed by atoms with E-state index in [1.54, 1.807) is 31.2 Å². The number of carbonyl (C=O) groups excluding carboxylic acids is 2. The van der Waals surface area contributed by atoms with Crippen LogP contribution in [-0.4, -0.2) is 18.5 Å². The normalized spacial score (nSPS) is 13.8. The average Bonchev–Trinajstić information content (AvgIpc) is 2.82. The molecular formula is C21H21Cl2NO3S. The molecule has 148 valence electrons. The van der Waals surface area contributed by atoms with Crippen LogP contribution in [0, 0.1) is 0 Å². The Morgan fingerprint density at radius 1 is 1.21 bits per heavy atom. The fourth-order valence-corrected chi connectivity index (χ4v) is 4.96. The molecule has 1 heterocycles. The van der Waals surface area contributed by atoms with Gasteiger partial charge in [-0.3, -0.25) is 4.79 Å². The number of anilines is 1. The van der Waals surface area contributed by atoms with Crippen molar-refractivity contribution in [2.24, 2.45) is 0 Å². The van der Waals surface area contributed by atoms with Gasteiger partial charge in [0.05, 0.1) is 12.2 Å². The van der Waals surface area contributed by atoms with Gasteiger partial charge in [-0.25, -0.2) is 4.79 Å². The highest BCUT2D eigenvalue weighted by molar-refractivity contribution is 7.17. The summed E-state index contributed by atoms with van der Waals surface area (Å²) in [5, 5.41) is 4.41. The highest BCUT2D eigenvalue weighted by atomic mass is 35.5. The number of nitrogens with one attached hydrogen (secondary N) is 1. The van der Waals surface area contributed by atoms with Gasteiger partial charge < -0.3 is 10.1 Å². The zero-order valence-electron chi connectivity index (χ0n) is 15.5. The Hall–Kier alpha value is -1.82. The van der Waals surface area contributed by atoms with Crippen molar-refractivity contribution in [2.45, 2.75) is 39.0 Å². The first-order chi connectivity index (χ1) is 13.5. The van der Waals surface area contributed by atoms with E-state index < -0.39 is 0 Å². The number of halogens is 2. The lowest BCUT2D eigenvalue weighted by Crippen LogP contribution is -2.13. The molecule has 0 bridgehead atoms. The molecule has 0 saturated heterocycles. The molecule has 3 rings (SSSR count). The van der Waals surface area contributed by atoms with Gasteiger partial charge in [0.1, 0.15) is 5.00 Å². The van der Waals surface area contributed by atoms with Crippen molar-refractivity contribution < 1.29 is 14.3 Å². The van der Waals surface area contributed by atoms with Crippen LogP contribution in [0.4, 0.5) is 5.00 Å². The van der Waals surface area contributed by atoms with Crippen molar-refractivity contribution in [3.63, 3.8) is 0 Å². The SMILES string of the molecule is CCOC(=O)c1c(NC(=O)/C=C/c2ccc(Cl)cc2Cl)sc2c1CCCCC2. The van der Waals surface area contributed by atoms with Crippen molar-refractivity contribution in [3.8, 4) is 0 Å². The monoisotopic (exact) mass is 437 g/mol. The summed E-state index contributed by atoms with van der Waals surface area (Å²) in [6.45, 7) is 2.07. The fraction of sp³-hybridized carbons (Fsp3) is 0.333. The molecule has 1 amide bonds. The molecule has 1 aromatic carbocycles. The quantitative estimate of drug-likeness (QED) is 0.346. The maximum Gasteiger partial charge on any atom is 0.341 e. The minimum Gasteiger partial charge on any atom is -0.462 e. The lowest BCUT2D eigenvalue weighted by molar-refractivity contribution is -0.111. The third-order valence-corrected chi connectivity index (χ3v) is 6.28. The molecule has 28 heavy (non-hydrogen) atoms. The molecule has 0 unspecified atom stereocenters. The average molecular weight is 438 g/mol. The molecule has 7 heteroatoms. The molecule has 1 aromatic heterocycles. The van der Waals surface area contributed by atoms with E-state index >= 15 is 0 Å². The number of hydrogen-bond acceptors (Lipinski definition) is 4. The molecule has 1 N–H and O–H groups in total. The lowest BCUT2D eigenvalue weighted by atomic mass is 10.1. The summed E-state index contributed by atoms with van der Waals surface area (Å²) < 4.78 is 5.24. The van der Waals surface area contributed by atoms with E-state index in [9.17, 15) is 9.59 Å². The predicted molar refractivity (Wildman–Crippen MR) is 116 cm³/mol. The standard InChI is InChI=1S/C21H21Cl2NO3S/c1-2-27-21(26)19-15-6-4-3-5-7-17(15)28-20(19)24-18(25)11-9-13-8-10-14(22)12-16(13)23/h8-12H,2-7H2,1H3,(H,24,25)/b11-9+. The number of thiophene rings is 1. The van der Waals surface area contributed by atoms with Crippen molar-refractivity contribution in [1.82, 2.24) is 0 Å². The summed E-state index contributed by atoms with van der Waals surface area (Å²) in [4.78, 5) is 26.2. The van der Waals surface area contributed by atoms with E-state index in [4.69, 9.17) is 27.9 Å². The van der Waals surface area contributed by atoms with E-state index in [1.807, 2.05) is 0 Å². The highest BCUT2D eigenvalue weighted by Crippen LogP contribution is 2.38. The predicted octanol–water partition coefficient (Wildman–Crippen LogP) is 6.15. The zero-order chi connectivity index (χ0) is 20.1. The maximum atomic E-state index is 12.5. The third-order valence-electron chi connectivity index (χ3n) is 4.51. The number of amides is 1. The molecule has 0 saturated carbocycles. The second kappa shape index (κ2) is 9.59. The van der Waals surface area contributed by atoms with Crippen LogP contribution < -0.4 is 5.32 Å². The molecular weight excluding hydrogens is 417 g/mol. The molecule has 1 aliphatic carbocycles. The van der Waals surface area contributed by atoms with Crippen LogP contribution in [-0.2, 0) is 22.4 Å². The van der Waals surface area contributed by atoms with Crippen molar-refractivity contribution >= 4 is 57.5 Å². The molecule has 0 aliphatic heterocycles. The summed E-state index contributed by atoms with van der Waals surface area (Å²) in [7, 11) is 0. The first-order valence-corrected chi connectivity index (χ1v) is 10.8. The minimum atomic E-state index is -0.373. The van der Waals surface area contributed by atoms with Gasteiger partial charge in [0.15, 0.2) is 0 Å². The second-order valence-electron chi connectivity index (χ2n) is 6.48. The van der Waals surface area contributed by atoms with Crippen molar-refractivity contribution in [2.75, 3.05) is 11.9 Å². The number of aryl methyl sites for hydroxylation is 1. The maximum absolute atomic E-state index is 12.5. The zero-order valence-corrected chi connectivity index (χ0v) is 17.8. The van der Waals surface area contributed by atoms with Crippen LogP contribution in [0.3, 0.4) is 0 Å². The van der Waals surface area contributed by atoms with Gasteiger partial charge in [0.2, 0.25) is 5.91 Å². The topological polar surface area (TPSA) is 55.4 Å². The van der Waals surface area contributed by atoms with Crippen LogP contribution in [0.25, 0.3) is 6.08 Å². The van der Waals surface area contributed by atoms with Gasteiger partial charge in [-0.2, -0.15) is 0 Å². The second-order valence-corrected chi connectivity index (χ2v) is 8.43. The van der Waals surface area contributed by atoms with E-state index in [0.29, 0.717) is 32.8 Å². The van der Waals surface area contributed by atoms with Gasteiger partial charge in [0, 0.05) is 21.0 Å². The Bertz CT molecular complexity index is 921. The van der Waals surface area contributed by atoms with Crippen LogP contribution >= 0.6 is 34.5 Å². The van der Waals surface area contributed by atoms with Crippen molar-refractivity contribution in [1.29, 1.82) is 0 Å². The summed E-state index contributed by atoms with van der Waals surface area (Å²) in [5.41, 5.74) is 2.23. The number of rotatable bonds is 5. The van der Waals surface area contributed by atoms with Gasteiger partial charge in [-0.15, -0.1) is 11.3 Å². The Labute approximate surface area is 178 Å². The molecule has 0 radical (unpaired) electrons. The molecule has 2 aromatic rings. The van der Waals surface area contributed by atoms with E-state index in [-0.39, 0.29) is 11.9 Å². The Kier molecular flexibility index (Phi) is 7.16. The number of hydrogen-bond donors (Lipinski definition) is 1. The summed E-state index contributed by atoms with van der Waals surface area (Å²) in [6.07, 6.45) is 8.07. The smallest absolute Gasteiger partial charge is 0.341 e. The fourth-order valence-electron chi connectivity index (χ4n) is 3.21. The molecule has 4 nitrogen and oxygen atoms in total. The number of esters is 1. The van der Waals surface area contributed by atoms with Gasteiger partial charge in [-0.05, 0) is 61.9 Å². The molecule has 0 atom stereocenters. The number of ether oxygens (including phenoxy) is 1. The summed E-state index contributed by atoms with van der Waals surface area (Å²) in [6, 6.07) is 5.07. The van der Waals surface area contributed by atoms with Crippen LogP contribution in [0.1, 0.15) is 52.5 Å². The Balaban J connectivity index is 1.83. The third kappa shape index (κ3) is 4.96. The number of benzene rings is 1. The molecule has 0 fully saturated rings. The summed E-state index contributed by atoms with van der Waals surface area (Å²) >= 11 is 13.5. The van der Waals surface area contributed by atoms with Gasteiger partial charge in [-0.1, -0.05) is 35.7 Å². The first kappa shape index (κ1) is 20.9.